The van der Waals surface area contributed by atoms with Crippen LogP contribution in [0.1, 0.15) is 73.8 Å². The fraction of sp³-hybridized carbons (Fsp3) is 0.714. The summed E-state index contributed by atoms with van der Waals surface area (Å²) in [5.41, 5.74) is 0.248. The van der Waals surface area contributed by atoms with Crippen molar-refractivity contribution in [3.63, 3.8) is 0 Å². The van der Waals surface area contributed by atoms with Gasteiger partial charge in [-0.1, -0.05) is 85.7 Å². The molecule has 0 radical (unpaired) electrons. The van der Waals surface area contributed by atoms with Crippen molar-refractivity contribution in [3.05, 3.63) is 35.9 Å². The fourth-order valence-corrected chi connectivity index (χ4v) is 18.1. The first kappa shape index (κ1) is 29.4. The molecule has 1 N–H and O–H groups in total. The highest BCUT2D eigenvalue weighted by Crippen LogP contribution is 2.56. The Morgan fingerprint density at radius 2 is 1.58 bits per heavy atom. The van der Waals surface area contributed by atoms with Crippen LogP contribution in [0.5, 0.6) is 0 Å². The molecule has 1 amide bonds. The van der Waals surface area contributed by atoms with Crippen LogP contribution in [-0.2, 0) is 29.2 Å². The van der Waals surface area contributed by atoms with Gasteiger partial charge in [0, 0.05) is 0 Å². The van der Waals surface area contributed by atoms with E-state index in [4.69, 9.17) is 17.8 Å². The third-order valence-electron chi connectivity index (χ3n) is 8.82. The van der Waals surface area contributed by atoms with E-state index in [1.807, 2.05) is 30.3 Å². The summed E-state index contributed by atoms with van der Waals surface area (Å²) < 4.78 is 21.5. The minimum absolute atomic E-state index is 0.0837. The molecule has 5 atom stereocenters. The van der Waals surface area contributed by atoms with Gasteiger partial charge in [0.25, 0.3) is 0 Å². The van der Waals surface area contributed by atoms with Gasteiger partial charge in [-0.2, -0.15) is 5.26 Å². The maximum atomic E-state index is 13.1. The number of aliphatic hydroxyl groups is 1. The van der Waals surface area contributed by atoms with Gasteiger partial charge in [0.05, 0.1) is 24.5 Å². The van der Waals surface area contributed by atoms with Gasteiger partial charge in [0.2, 0.25) is 5.91 Å². The van der Waals surface area contributed by atoms with Crippen LogP contribution in [0.25, 0.3) is 0 Å². The second-order valence-corrected chi connectivity index (χ2v) is 21.2. The van der Waals surface area contributed by atoms with E-state index in [2.05, 4.69) is 61.5 Å². The van der Waals surface area contributed by atoms with Crippen molar-refractivity contribution in [2.45, 2.75) is 121 Å². The first-order chi connectivity index (χ1) is 17.9. The molecule has 0 aromatic heterocycles. The zero-order valence-corrected chi connectivity index (χ0v) is 26.0. The molecule has 3 aliphatic rings. The van der Waals surface area contributed by atoms with E-state index in [0.717, 1.165) is 5.56 Å². The van der Waals surface area contributed by atoms with Crippen LogP contribution in [-0.4, -0.2) is 57.0 Å². The van der Waals surface area contributed by atoms with Gasteiger partial charge in [0.1, 0.15) is 24.4 Å². The van der Waals surface area contributed by atoms with Gasteiger partial charge in [-0.05, 0) is 34.1 Å². The highest BCUT2D eigenvalue weighted by molar-refractivity contribution is 6.84. The minimum Gasteiger partial charge on any atom is -0.414 e. The van der Waals surface area contributed by atoms with Gasteiger partial charge in [-0.25, -0.2) is 5.06 Å². The average molecular weight is 561 g/mol. The Kier molecular flexibility index (Phi) is 8.33. The molecule has 0 bridgehead atoms. The first-order valence-corrected chi connectivity index (χ1v) is 17.9. The summed E-state index contributed by atoms with van der Waals surface area (Å²) in [4.78, 5) is 19.3. The molecule has 1 spiro atoms. The van der Waals surface area contributed by atoms with Gasteiger partial charge < -0.3 is 18.1 Å². The number of carbonyl (C=O) groups is 1. The number of hydrogen-bond donors (Lipinski definition) is 1. The molecular formula is C28H44N2O6Si2. The third-order valence-corrected chi connectivity index (χ3v) is 19.1. The van der Waals surface area contributed by atoms with Gasteiger partial charge in [-0.15, -0.1) is 0 Å². The Hall–Kier alpha value is -1.59. The number of β-lactam (4-membered cyclic amide) rings is 1. The maximum absolute atomic E-state index is 13.1. The minimum atomic E-state index is -3.02. The molecule has 2 heterocycles. The highest BCUT2D eigenvalue weighted by atomic mass is 28.5. The lowest BCUT2D eigenvalue weighted by Gasteiger charge is -2.61. The van der Waals surface area contributed by atoms with Crippen LogP contribution in [0.4, 0.5) is 0 Å². The monoisotopic (exact) mass is 560 g/mol. The molecule has 1 saturated carbocycles. The molecule has 8 nitrogen and oxygen atoms in total. The summed E-state index contributed by atoms with van der Waals surface area (Å²) in [7, 11) is -5.96. The lowest BCUT2D eigenvalue weighted by molar-refractivity contribution is -0.307. The molecule has 1 aromatic rings. The van der Waals surface area contributed by atoms with E-state index >= 15 is 0 Å². The standard InChI is InChI=1S/C28H44N2O6Si2/c1-18(2)37(19(3)4)34-26-24(31)14-23(16-29)28(27(26)35-38(36-37,20(5)6)21(7)8)15-25(32)30(28)33-17-22-12-10-9-11-13-22/h9-13,18-21,23-24,26-27,31H,14-15,17H2,1-8H3. The number of benzene rings is 1. The highest BCUT2D eigenvalue weighted by Gasteiger charge is 2.73. The predicted octanol–water partition coefficient (Wildman–Crippen LogP) is 5.32. The Bertz CT molecular complexity index is 1030. The van der Waals surface area contributed by atoms with Gasteiger partial charge in [0.15, 0.2) is 0 Å². The van der Waals surface area contributed by atoms with Crippen LogP contribution in [0, 0.1) is 17.2 Å². The second-order valence-electron chi connectivity index (χ2n) is 12.4. The number of amides is 1. The van der Waals surface area contributed by atoms with E-state index in [9.17, 15) is 15.2 Å². The van der Waals surface area contributed by atoms with Crippen molar-refractivity contribution < 1.29 is 27.7 Å². The quantitative estimate of drug-likeness (QED) is 0.356. The van der Waals surface area contributed by atoms with Gasteiger partial charge in [-0.3, -0.25) is 9.63 Å². The smallest absolute Gasteiger partial charge is 0.335 e. The van der Waals surface area contributed by atoms with Crippen molar-refractivity contribution in [2.24, 2.45) is 5.92 Å². The number of hydroxylamine groups is 2. The molecule has 2 aliphatic heterocycles. The number of hydrogen-bond acceptors (Lipinski definition) is 7. The van der Waals surface area contributed by atoms with Crippen molar-refractivity contribution in [1.29, 1.82) is 5.26 Å². The summed E-state index contributed by atoms with van der Waals surface area (Å²) in [5.74, 6) is -0.864. The lowest BCUT2D eigenvalue weighted by atomic mass is 9.63. The maximum Gasteiger partial charge on any atom is 0.335 e. The zero-order valence-electron chi connectivity index (χ0n) is 24.0. The number of aliphatic hydroxyl groups excluding tert-OH is 1. The molecule has 38 heavy (non-hydrogen) atoms. The van der Waals surface area contributed by atoms with Gasteiger partial charge >= 0.3 is 17.1 Å². The van der Waals surface area contributed by atoms with Crippen molar-refractivity contribution in [2.75, 3.05) is 0 Å². The number of nitriles is 1. The average Bonchev–Trinajstić information content (AvgIpc) is 3.04. The first-order valence-electron chi connectivity index (χ1n) is 14.0. The van der Waals surface area contributed by atoms with E-state index in [-0.39, 0.29) is 47.5 Å². The van der Waals surface area contributed by atoms with E-state index in [1.54, 1.807) is 0 Å². The number of nitrogens with zero attached hydrogens (tertiary/aromatic N) is 2. The Labute approximate surface area is 229 Å². The van der Waals surface area contributed by atoms with Crippen LogP contribution in [0.2, 0.25) is 22.2 Å². The SMILES string of the molecule is CC(C)[Si]1(C(C)C)OC2C(O)CC(C#N)C3(CC(=O)N3OCc3ccccc3)C2O[Si](C(C)C)(C(C)C)O1. The lowest BCUT2D eigenvalue weighted by Crippen LogP contribution is -2.79. The zero-order chi connectivity index (χ0) is 28.0. The van der Waals surface area contributed by atoms with Crippen molar-refractivity contribution >= 4 is 23.0 Å². The summed E-state index contributed by atoms with van der Waals surface area (Å²) in [6.45, 7) is 17.3. The van der Waals surface area contributed by atoms with E-state index in [0.29, 0.717) is 0 Å². The molecule has 210 valence electrons. The van der Waals surface area contributed by atoms with E-state index < -0.39 is 46.9 Å². The Balaban J connectivity index is 1.85. The van der Waals surface area contributed by atoms with Crippen LogP contribution in [0.15, 0.2) is 30.3 Å². The topological polar surface area (TPSA) is 101 Å². The van der Waals surface area contributed by atoms with Crippen LogP contribution in [0.3, 0.4) is 0 Å². The summed E-state index contributed by atoms with van der Waals surface area (Å²) in [5, 5.41) is 23.2. The fourth-order valence-electron chi connectivity index (χ4n) is 6.71. The summed E-state index contributed by atoms with van der Waals surface area (Å²) in [6, 6.07) is 12.0. The summed E-state index contributed by atoms with van der Waals surface area (Å²) in [6.07, 6.45) is -2.10. The second kappa shape index (κ2) is 10.8. The van der Waals surface area contributed by atoms with Crippen LogP contribution < -0.4 is 0 Å². The number of carbonyl (C=O) groups excluding carboxylic acids is 1. The Morgan fingerprint density at radius 1 is 1.03 bits per heavy atom. The molecule has 2 saturated heterocycles. The number of rotatable bonds is 7. The van der Waals surface area contributed by atoms with Crippen molar-refractivity contribution in [3.8, 4) is 6.07 Å². The van der Waals surface area contributed by atoms with E-state index in [1.165, 1.54) is 5.06 Å². The number of fused-ring (bicyclic) bond motifs is 2. The molecule has 1 aromatic carbocycles. The third kappa shape index (κ3) is 4.50. The largest absolute Gasteiger partial charge is 0.414 e. The predicted molar refractivity (Wildman–Crippen MR) is 148 cm³/mol. The Morgan fingerprint density at radius 3 is 2.08 bits per heavy atom. The molecule has 3 fully saturated rings. The molecule has 5 unspecified atom stereocenters. The van der Waals surface area contributed by atoms with Crippen LogP contribution >= 0.6 is 0 Å². The normalized spacial score (nSPS) is 32.4. The summed E-state index contributed by atoms with van der Waals surface area (Å²) >= 11 is 0. The molecular weight excluding hydrogens is 516 g/mol. The molecule has 10 heteroatoms. The molecule has 1 aliphatic carbocycles. The van der Waals surface area contributed by atoms with Crippen molar-refractivity contribution in [1.82, 2.24) is 5.06 Å². The molecule has 4 rings (SSSR count).